The normalized spacial score (nSPS) is 23.1. The molecule has 0 bridgehead atoms. The second kappa shape index (κ2) is 5.14. The minimum absolute atomic E-state index is 0.0570. The summed E-state index contributed by atoms with van der Waals surface area (Å²) in [5.41, 5.74) is 0.388. The smallest absolute Gasteiger partial charge is 0.254 e. The summed E-state index contributed by atoms with van der Waals surface area (Å²) in [5, 5.41) is 22.2. The van der Waals surface area contributed by atoms with Gasteiger partial charge in [0.25, 0.3) is 5.91 Å². The molecule has 2 atom stereocenters. The number of phenolic OH excluding ortho intramolecular Hbond substituents is 1. The van der Waals surface area contributed by atoms with Crippen molar-refractivity contribution in [2.75, 3.05) is 20.1 Å². The van der Waals surface area contributed by atoms with Crippen molar-refractivity contribution in [1.82, 2.24) is 10.2 Å². The van der Waals surface area contributed by atoms with Crippen molar-refractivity contribution >= 4 is 17.5 Å². The maximum Gasteiger partial charge on any atom is 0.254 e. The van der Waals surface area contributed by atoms with Crippen LogP contribution in [0.25, 0.3) is 0 Å². The lowest BCUT2D eigenvalue weighted by Crippen LogP contribution is -2.44. The maximum atomic E-state index is 12.2. The van der Waals surface area contributed by atoms with Gasteiger partial charge in [-0.05, 0) is 18.2 Å². The lowest BCUT2D eigenvalue weighted by Gasteiger charge is -2.26. The number of benzene rings is 1. The lowest BCUT2D eigenvalue weighted by molar-refractivity contribution is 0.0581. The fourth-order valence-electron chi connectivity index (χ4n) is 2.04. The molecule has 1 heterocycles. The standard InChI is InChI=1S/C12H15ClN2O3/c1-15(9-5-14-6-11(9)17)12(18)7-2-3-10(16)8(13)4-7/h2-4,9,11,14,16-17H,5-6H2,1H3/t9-,11-/m1/s1. The van der Waals surface area contributed by atoms with Crippen molar-refractivity contribution in [2.24, 2.45) is 0 Å². The highest BCUT2D eigenvalue weighted by molar-refractivity contribution is 6.32. The van der Waals surface area contributed by atoms with Crippen LogP contribution in [0.4, 0.5) is 0 Å². The molecular weight excluding hydrogens is 256 g/mol. The predicted octanol–water partition coefficient (Wildman–Crippen LogP) is 0.450. The van der Waals surface area contributed by atoms with E-state index in [-0.39, 0.29) is 22.7 Å². The zero-order valence-electron chi connectivity index (χ0n) is 9.93. The van der Waals surface area contributed by atoms with Gasteiger partial charge in [-0.2, -0.15) is 0 Å². The number of amides is 1. The second-order valence-electron chi connectivity index (χ2n) is 4.38. The van der Waals surface area contributed by atoms with E-state index in [0.29, 0.717) is 18.7 Å². The number of nitrogens with zero attached hydrogens (tertiary/aromatic N) is 1. The van der Waals surface area contributed by atoms with Crippen LogP contribution in [-0.2, 0) is 0 Å². The van der Waals surface area contributed by atoms with Crippen molar-refractivity contribution in [3.8, 4) is 5.75 Å². The quantitative estimate of drug-likeness (QED) is 0.730. The molecule has 1 aliphatic heterocycles. The molecule has 6 heteroatoms. The Bertz CT molecular complexity index is 467. The number of phenols is 1. The number of carbonyl (C=O) groups excluding carboxylic acids is 1. The van der Waals surface area contributed by atoms with Gasteiger partial charge in [-0.25, -0.2) is 0 Å². The molecule has 0 radical (unpaired) electrons. The van der Waals surface area contributed by atoms with Gasteiger partial charge >= 0.3 is 0 Å². The van der Waals surface area contributed by atoms with Crippen molar-refractivity contribution < 1.29 is 15.0 Å². The number of aliphatic hydroxyl groups is 1. The molecule has 1 fully saturated rings. The van der Waals surface area contributed by atoms with Crippen molar-refractivity contribution in [3.63, 3.8) is 0 Å². The maximum absolute atomic E-state index is 12.2. The molecule has 2 rings (SSSR count). The van der Waals surface area contributed by atoms with Gasteiger partial charge in [-0.15, -0.1) is 0 Å². The average Bonchev–Trinajstić information content (AvgIpc) is 2.77. The largest absolute Gasteiger partial charge is 0.506 e. The summed E-state index contributed by atoms with van der Waals surface area (Å²) in [6, 6.07) is 4.07. The molecule has 1 aromatic rings. The minimum atomic E-state index is -0.563. The van der Waals surface area contributed by atoms with E-state index in [1.807, 2.05) is 0 Å². The third-order valence-electron chi connectivity index (χ3n) is 3.16. The average molecular weight is 271 g/mol. The molecule has 1 saturated heterocycles. The fraction of sp³-hybridized carbons (Fsp3) is 0.417. The highest BCUT2D eigenvalue weighted by atomic mass is 35.5. The topological polar surface area (TPSA) is 72.8 Å². The first kappa shape index (κ1) is 13.1. The number of likely N-dealkylation sites (N-methyl/N-ethyl adjacent to an activating group) is 1. The lowest BCUT2D eigenvalue weighted by atomic mass is 10.1. The van der Waals surface area contributed by atoms with Gasteiger partial charge in [0.1, 0.15) is 5.75 Å². The summed E-state index contributed by atoms with van der Waals surface area (Å²) in [7, 11) is 1.64. The molecule has 1 amide bonds. The Morgan fingerprint density at radius 2 is 2.22 bits per heavy atom. The van der Waals surface area contributed by atoms with Gasteiger partial charge in [0.2, 0.25) is 0 Å². The molecule has 1 aliphatic rings. The Morgan fingerprint density at radius 3 is 2.78 bits per heavy atom. The number of carbonyl (C=O) groups is 1. The van der Waals surface area contributed by atoms with Gasteiger partial charge in [-0.3, -0.25) is 4.79 Å². The fourth-order valence-corrected chi connectivity index (χ4v) is 2.22. The summed E-state index contributed by atoms with van der Waals surface area (Å²) < 4.78 is 0. The van der Waals surface area contributed by atoms with Gasteiger partial charge in [0.15, 0.2) is 0 Å². The van der Waals surface area contributed by atoms with Gasteiger partial charge < -0.3 is 20.4 Å². The zero-order chi connectivity index (χ0) is 13.3. The second-order valence-corrected chi connectivity index (χ2v) is 4.78. The number of hydrogen-bond acceptors (Lipinski definition) is 4. The third kappa shape index (κ3) is 2.43. The molecule has 0 unspecified atom stereocenters. The van der Waals surface area contributed by atoms with E-state index >= 15 is 0 Å². The van der Waals surface area contributed by atoms with E-state index in [9.17, 15) is 15.0 Å². The molecular formula is C12H15ClN2O3. The molecule has 18 heavy (non-hydrogen) atoms. The van der Waals surface area contributed by atoms with Gasteiger partial charge in [-0.1, -0.05) is 11.6 Å². The SMILES string of the molecule is CN(C(=O)c1ccc(O)c(Cl)c1)[C@@H]1CNC[C@H]1O. The summed E-state index contributed by atoms with van der Waals surface area (Å²) in [5.74, 6) is -0.289. The van der Waals surface area contributed by atoms with Crippen LogP contribution in [0.3, 0.4) is 0 Å². The minimum Gasteiger partial charge on any atom is -0.506 e. The van der Waals surface area contributed by atoms with Crippen molar-refractivity contribution in [2.45, 2.75) is 12.1 Å². The van der Waals surface area contributed by atoms with E-state index < -0.39 is 6.10 Å². The van der Waals surface area contributed by atoms with Crippen LogP contribution < -0.4 is 5.32 Å². The van der Waals surface area contributed by atoms with Crippen LogP contribution in [0.1, 0.15) is 10.4 Å². The summed E-state index contributed by atoms with van der Waals surface area (Å²) in [4.78, 5) is 13.7. The van der Waals surface area contributed by atoms with Crippen LogP contribution in [-0.4, -0.2) is 53.3 Å². The summed E-state index contributed by atoms with van der Waals surface area (Å²) in [6.45, 7) is 1.05. The Kier molecular flexibility index (Phi) is 3.75. The molecule has 3 N–H and O–H groups in total. The summed E-state index contributed by atoms with van der Waals surface area (Å²) >= 11 is 5.77. The first-order valence-electron chi connectivity index (χ1n) is 5.65. The molecule has 0 saturated carbocycles. The van der Waals surface area contributed by atoms with E-state index in [1.165, 1.54) is 23.1 Å². The molecule has 1 aromatic carbocycles. The Hall–Kier alpha value is -1.30. The number of aliphatic hydroxyl groups excluding tert-OH is 1. The first-order chi connectivity index (χ1) is 8.50. The van der Waals surface area contributed by atoms with Gasteiger partial charge in [0, 0.05) is 25.7 Å². The zero-order valence-corrected chi connectivity index (χ0v) is 10.7. The van der Waals surface area contributed by atoms with Crippen molar-refractivity contribution in [1.29, 1.82) is 0 Å². The summed E-state index contributed by atoms with van der Waals surface area (Å²) in [6.07, 6.45) is -0.563. The highest BCUT2D eigenvalue weighted by Gasteiger charge is 2.31. The van der Waals surface area contributed by atoms with Crippen molar-refractivity contribution in [3.05, 3.63) is 28.8 Å². The number of nitrogens with one attached hydrogen (secondary N) is 1. The predicted molar refractivity (Wildman–Crippen MR) is 67.9 cm³/mol. The van der Waals surface area contributed by atoms with Crippen LogP contribution in [0.2, 0.25) is 5.02 Å². The molecule has 5 nitrogen and oxygen atoms in total. The Morgan fingerprint density at radius 1 is 1.50 bits per heavy atom. The monoisotopic (exact) mass is 270 g/mol. The molecule has 98 valence electrons. The third-order valence-corrected chi connectivity index (χ3v) is 3.47. The van der Waals surface area contributed by atoms with Gasteiger partial charge in [0.05, 0.1) is 17.2 Å². The number of hydrogen-bond donors (Lipinski definition) is 3. The van der Waals surface area contributed by atoms with Crippen LogP contribution in [0, 0.1) is 0 Å². The Balaban J connectivity index is 2.17. The van der Waals surface area contributed by atoms with E-state index in [2.05, 4.69) is 5.32 Å². The number of β-amino-alcohol motifs (C(OH)–C–C–N with tert-alkyl or cyclic N) is 1. The first-order valence-corrected chi connectivity index (χ1v) is 6.03. The highest BCUT2D eigenvalue weighted by Crippen LogP contribution is 2.24. The number of halogens is 1. The number of rotatable bonds is 2. The molecule has 0 aromatic heterocycles. The van der Waals surface area contributed by atoms with Crippen LogP contribution >= 0.6 is 11.6 Å². The van der Waals surface area contributed by atoms with Crippen LogP contribution in [0.5, 0.6) is 5.75 Å². The van der Waals surface area contributed by atoms with E-state index in [1.54, 1.807) is 7.05 Å². The van der Waals surface area contributed by atoms with E-state index in [0.717, 1.165) is 0 Å². The van der Waals surface area contributed by atoms with Crippen LogP contribution in [0.15, 0.2) is 18.2 Å². The Labute approximate surface area is 110 Å². The number of aromatic hydroxyl groups is 1. The molecule has 0 spiro atoms. The molecule has 0 aliphatic carbocycles. The van der Waals surface area contributed by atoms with E-state index in [4.69, 9.17) is 11.6 Å².